The van der Waals surface area contributed by atoms with E-state index < -0.39 is 22.6 Å². The lowest BCUT2D eigenvalue weighted by atomic mass is 10.3. The van der Waals surface area contributed by atoms with Crippen LogP contribution in [0.1, 0.15) is 4.88 Å². The maximum absolute atomic E-state index is 12.1. The highest BCUT2D eigenvalue weighted by atomic mass is 35.5. The number of carboxylic acid groups (broad SMARTS) is 1. The molecular formula is C14H14ClNO5S2. The van der Waals surface area contributed by atoms with Gasteiger partial charge in [0.1, 0.15) is 0 Å². The second kappa shape index (κ2) is 7.78. The monoisotopic (exact) mass is 375 g/mol. The van der Waals surface area contributed by atoms with Crippen molar-refractivity contribution in [3.05, 3.63) is 46.3 Å². The number of sulfonamides is 1. The number of ether oxygens (including phenoxy) is 1. The molecule has 0 spiro atoms. The summed E-state index contributed by atoms with van der Waals surface area (Å²) in [7, 11) is -3.57. The van der Waals surface area contributed by atoms with Crippen molar-refractivity contribution in [3.8, 4) is 5.06 Å². The van der Waals surface area contributed by atoms with E-state index in [9.17, 15) is 13.2 Å². The molecule has 2 aromatic rings. The molecule has 0 aliphatic carbocycles. The first kappa shape index (κ1) is 17.7. The molecule has 2 N–H and O–H groups in total. The summed E-state index contributed by atoms with van der Waals surface area (Å²) in [4.78, 5) is 11.5. The SMILES string of the molecule is O=C(O)COc1ccc(CCNS(=O)(=O)c2ccc(Cl)cc2)s1. The predicted octanol–water partition coefficient (Wildman–Crippen LogP) is 2.39. The first-order valence-corrected chi connectivity index (χ1v) is 9.23. The van der Waals surface area contributed by atoms with E-state index in [1.807, 2.05) is 0 Å². The number of nitrogens with one attached hydrogen (secondary N) is 1. The van der Waals surface area contributed by atoms with Gasteiger partial charge in [0.25, 0.3) is 0 Å². The molecule has 0 unspecified atom stereocenters. The highest BCUT2D eigenvalue weighted by molar-refractivity contribution is 7.89. The van der Waals surface area contributed by atoms with E-state index in [4.69, 9.17) is 21.4 Å². The van der Waals surface area contributed by atoms with Crippen molar-refractivity contribution in [1.82, 2.24) is 4.72 Å². The van der Waals surface area contributed by atoms with Crippen molar-refractivity contribution in [2.45, 2.75) is 11.3 Å². The minimum atomic E-state index is -3.57. The topological polar surface area (TPSA) is 92.7 Å². The summed E-state index contributed by atoms with van der Waals surface area (Å²) in [6.07, 6.45) is 0.480. The average molecular weight is 376 g/mol. The Kier molecular flexibility index (Phi) is 6.00. The van der Waals surface area contributed by atoms with Gasteiger partial charge >= 0.3 is 5.97 Å². The molecule has 0 saturated heterocycles. The van der Waals surface area contributed by atoms with Crippen molar-refractivity contribution in [3.63, 3.8) is 0 Å². The Bertz CT molecular complexity index is 771. The maximum Gasteiger partial charge on any atom is 0.341 e. The summed E-state index contributed by atoms with van der Waals surface area (Å²) >= 11 is 7.02. The van der Waals surface area contributed by atoms with E-state index in [0.29, 0.717) is 16.5 Å². The van der Waals surface area contributed by atoms with E-state index in [-0.39, 0.29) is 11.4 Å². The molecule has 1 aromatic heterocycles. The molecule has 0 atom stereocenters. The largest absolute Gasteiger partial charge is 0.479 e. The molecule has 0 radical (unpaired) electrons. The third kappa shape index (κ3) is 5.51. The van der Waals surface area contributed by atoms with Gasteiger partial charge in [0.05, 0.1) is 4.90 Å². The molecule has 0 fully saturated rings. The van der Waals surface area contributed by atoms with Gasteiger partial charge in [-0.3, -0.25) is 0 Å². The molecule has 23 heavy (non-hydrogen) atoms. The van der Waals surface area contributed by atoms with Crippen molar-refractivity contribution < 1.29 is 23.1 Å². The molecule has 0 saturated carbocycles. The van der Waals surface area contributed by atoms with E-state index in [1.54, 1.807) is 12.1 Å². The van der Waals surface area contributed by atoms with Crippen LogP contribution in [0.5, 0.6) is 5.06 Å². The number of hydrogen-bond donors (Lipinski definition) is 2. The van der Waals surface area contributed by atoms with E-state index >= 15 is 0 Å². The van der Waals surface area contributed by atoms with Crippen LogP contribution in [0, 0.1) is 0 Å². The molecule has 6 nitrogen and oxygen atoms in total. The Hall–Kier alpha value is -1.61. The van der Waals surface area contributed by atoms with Crippen LogP contribution in [-0.4, -0.2) is 32.6 Å². The Balaban J connectivity index is 1.87. The molecule has 0 bridgehead atoms. The number of hydrogen-bond acceptors (Lipinski definition) is 5. The molecule has 9 heteroatoms. The molecule has 1 aromatic carbocycles. The predicted molar refractivity (Wildman–Crippen MR) is 87.8 cm³/mol. The van der Waals surface area contributed by atoms with Crippen molar-refractivity contribution >= 4 is 38.9 Å². The molecule has 124 valence electrons. The van der Waals surface area contributed by atoms with Crippen LogP contribution in [0.15, 0.2) is 41.3 Å². The lowest BCUT2D eigenvalue weighted by molar-refractivity contribution is -0.139. The van der Waals surface area contributed by atoms with Gasteiger partial charge in [0.15, 0.2) is 11.7 Å². The highest BCUT2D eigenvalue weighted by Gasteiger charge is 2.13. The van der Waals surface area contributed by atoms with Gasteiger partial charge in [-0.15, -0.1) is 11.3 Å². The van der Waals surface area contributed by atoms with Crippen LogP contribution in [0.4, 0.5) is 0 Å². The summed E-state index contributed by atoms with van der Waals surface area (Å²) in [5.41, 5.74) is 0. The molecule has 2 rings (SSSR count). The van der Waals surface area contributed by atoms with Crippen molar-refractivity contribution in [2.75, 3.05) is 13.2 Å². The highest BCUT2D eigenvalue weighted by Crippen LogP contribution is 2.24. The number of rotatable bonds is 8. The Morgan fingerprint density at radius 1 is 1.22 bits per heavy atom. The molecular weight excluding hydrogens is 362 g/mol. The Morgan fingerprint density at radius 2 is 1.91 bits per heavy atom. The third-order valence-electron chi connectivity index (χ3n) is 2.76. The van der Waals surface area contributed by atoms with Gasteiger partial charge in [-0.25, -0.2) is 17.9 Å². The zero-order chi connectivity index (χ0) is 16.9. The van der Waals surface area contributed by atoms with Crippen LogP contribution in [0.3, 0.4) is 0 Å². The van der Waals surface area contributed by atoms with Gasteiger partial charge in [-0.1, -0.05) is 11.6 Å². The van der Waals surface area contributed by atoms with Crippen LogP contribution >= 0.6 is 22.9 Å². The average Bonchev–Trinajstić information content (AvgIpc) is 2.93. The van der Waals surface area contributed by atoms with Crippen LogP contribution in [0.2, 0.25) is 5.02 Å². The van der Waals surface area contributed by atoms with Gasteiger partial charge in [0, 0.05) is 16.4 Å². The number of thiophene rings is 1. The summed E-state index contributed by atoms with van der Waals surface area (Å²) in [6, 6.07) is 9.35. The number of carboxylic acids is 1. The van der Waals surface area contributed by atoms with Gasteiger partial charge in [-0.2, -0.15) is 0 Å². The van der Waals surface area contributed by atoms with Gasteiger partial charge in [0.2, 0.25) is 10.0 Å². The maximum atomic E-state index is 12.1. The Morgan fingerprint density at radius 3 is 2.57 bits per heavy atom. The fraction of sp³-hybridized carbons (Fsp3) is 0.214. The second-order valence-electron chi connectivity index (χ2n) is 4.50. The van der Waals surface area contributed by atoms with Crippen molar-refractivity contribution in [2.24, 2.45) is 0 Å². The standard InChI is InChI=1S/C14H14ClNO5S2/c15-10-1-4-12(5-2-10)23(19,20)16-8-7-11-3-6-14(22-11)21-9-13(17)18/h1-6,16H,7-9H2,(H,17,18). The first-order valence-electron chi connectivity index (χ1n) is 6.55. The zero-order valence-corrected chi connectivity index (χ0v) is 14.2. The summed E-state index contributed by atoms with van der Waals surface area (Å²) in [6.45, 7) is -0.174. The fourth-order valence-corrected chi connectivity index (χ4v) is 3.72. The summed E-state index contributed by atoms with van der Waals surface area (Å²) < 4.78 is 31.7. The van der Waals surface area contributed by atoms with Crippen LogP contribution in [-0.2, 0) is 21.2 Å². The zero-order valence-electron chi connectivity index (χ0n) is 11.9. The molecule has 0 aliphatic rings. The lowest BCUT2D eigenvalue weighted by Crippen LogP contribution is -2.25. The molecule has 0 aliphatic heterocycles. The van der Waals surface area contributed by atoms with E-state index in [0.717, 1.165) is 4.88 Å². The van der Waals surface area contributed by atoms with Gasteiger partial charge < -0.3 is 9.84 Å². The van der Waals surface area contributed by atoms with E-state index in [2.05, 4.69) is 4.72 Å². The molecule has 1 heterocycles. The summed E-state index contributed by atoms with van der Waals surface area (Å²) in [5, 5.41) is 9.49. The van der Waals surface area contributed by atoms with Crippen LogP contribution in [0.25, 0.3) is 0 Å². The number of aliphatic carboxylic acids is 1. The second-order valence-corrected chi connectivity index (χ2v) is 7.84. The summed E-state index contributed by atoms with van der Waals surface area (Å²) in [5.74, 6) is -1.05. The van der Waals surface area contributed by atoms with E-state index in [1.165, 1.54) is 35.6 Å². The molecule has 0 amide bonds. The van der Waals surface area contributed by atoms with Crippen LogP contribution < -0.4 is 9.46 Å². The van der Waals surface area contributed by atoms with Gasteiger partial charge in [-0.05, 0) is 42.8 Å². The number of benzene rings is 1. The number of carbonyl (C=O) groups is 1. The number of halogens is 1. The minimum absolute atomic E-state index is 0.151. The smallest absolute Gasteiger partial charge is 0.341 e. The first-order chi connectivity index (χ1) is 10.9. The quantitative estimate of drug-likeness (QED) is 0.739. The van der Waals surface area contributed by atoms with Crippen molar-refractivity contribution in [1.29, 1.82) is 0 Å². The lowest BCUT2D eigenvalue weighted by Gasteiger charge is -2.06. The fourth-order valence-electron chi connectivity index (χ4n) is 1.71. The minimum Gasteiger partial charge on any atom is -0.479 e. The third-order valence-corrected chi connectivity index (χ3v) is 5.55. The Labute approximate surface area is 142 Å². The normalized spacial score (nSPS) is 11.3.